The van der Waals surface area contributed by atoms with Crippen molar-refractivity contribution >= 4 is 39.9 Å². The van der Waals surface area contributed by atoms with E-state index in [1.54, 1.807) is 6.07 Å². The van der Waals surface area contributed by atoms with E-state index >= 15 is 0 Å². The van der Waals surface area contributed by atoms with Crippen LogP contribution < -0.4 is 10.5 Å². The SMILES string of the molecule is Nc1cnc(Oc2ccc(I)cc2)c(Cl)c1. The lowest BCUT2D eigenvalue weighted by Gasteiger charge is -2.06. The van der Waals surface area contributed by atoms with E-state index in [0.29, 0.717) is 22.3 Å². The molecule has 0 aliphatic heterocycles. The molecule has 0 fully saturated rings. The highest BCUT2D eigenvalue weighted by Gasteiger charge is 2.04. The van der Waals surface area contributed by atoms with Crippen LogP contribution in [0.15, 0.2) is 36.5 Å². The van der Waals surface area contributed by atoms with Gasteiger partial charge in [-0.3, -0.25) is 0 Å². The van der Waals surface area contributed by atoms with Gasteiger partial charge in [0.15, 0.2) is 0 Å². The summed E-state index contributed by atoms with van der Waals surface area (Å²) in [6, 6.07) is 9.21. The summed E-state index contributed by atoms with van der Waals surface area (Å²) in [6.45, 7) is 0. The number of nitrogens with two attached hydrogens (primary N) is 1. The van der Waals surface area contributed by atoms with Crippen LogP contribution in [0.1, 0.15) is 0 Å². The van der Waals surface area contributed by atoms with Crippen LogP contribution in [0.25, 0.3) is 0 Å². The van der Waals surface area contributed by atoms with E-state index < -0.39 is 0 Å². The molecule has 2 aromatic rings. The number of hydrogen-bond donors (Lipinski definition) is 1. The van der Waals surface area contributed by atoms with Gasteiger partial charge in [-0.1, -0.05) is 11.6 Å². The second kappa shape index (κ2) is 4.88. The zero-order valence-electron chi connectivity index (χ0n) is 8.15. The van der Waals surface area contributed by atoms with Crippen molar-refractivity contribution in [2.75, 3.05) is 5.73 Å². The number of hydrogen-bond acceptors (Lipinski definition) is 3. The van der Waals surface area contributed by atoms with Crippen LogP contribution >= 0.6 is 34.2 Å². The van der Waals surface area contributed by atoms with Crippen molar-refractivity contribution in [2.45, 2.75) is 0 Å². The fourth-order valence-electron chi connectivity index (χ4n) is 1.13. The summed E-state index contributed by atoms with van der Waals surface area (Å²) >= 11 is 8.17. The van der Waals surface area contributed by atoms with Gasteiger partial charge in [0.05, 0.1) is 11.9 Å². The van der Waals surface area contributed by atoms with Gasteiger partial charge < -0.3 is 10.5 Å². The first-order valence-electron chi connectivity index (χ1n) is 4.49. The summed E-state index contributed by atoms with van der Waals surface area (Å²) in [5.41, 5.74) is 6.05. The molecule has 0 radical (unpaired) electrons. The molecule has 5 heteroatoms. The molecular weight excluding hydrogens is 338 g/mol. The van der Waals surface area contributed by atoms with Gasteiger partial charge >= 0.3 is 0 Å². The molecule has 1 heterocycles. The fraction of sp³-hybridized carbons (Fsp3) is 0. The lowest BCUT2D eigenvalue weighted by Crippen LogP contribution is -1.92. The first kappa shape index (κ1) is 11.5. The molecule has 0 amide bonds. The molecule has 1 aromatic heterocycles. The average molecular weight is 347 g/mol. The van der Waals surface area contributed by atoms with E-state index in [2.05, 4.69) is 27.6 Å². The zero-order valence-corrected chi connectivity index (χ0v) is 11.1. The van der Waals surface area contributed by atoms with E-state index in [0.717, 1.165) is 3.57 Å². The standard InChI is InChI=1S/C11H8ClIN2O/c12-10-5-8(14)6-15-11(10)16-9-3-1-7(13)2-4-9/h1-6H,14H2. The highest BCUT2D eigenvalue weighted by Crippen LogP contribution is 2.28. The van der Waals surface area contributed by atoms with Crippen LogP contribution in [0.5, 0.6) is 11.6 Å². The van der Waals surface area contributed by atoms with Gasteiger partial charge in [-0.05, 0) is 52.9 Å². The lowest BCUT2D eigenvalue weighted by atomic mass is 10.3. The maximum atomic E-state index is 5.94. The normalized spacial score (nSPS) is 10.1. The molecule has 0 unspecified atom stereocenters. The Bertz CT molecular complexity index is 502. The summed E-state index contributed by atoms with van der Waals surface area (Å²) < 4.78 is 6.66. The third kappa shape index (κ3) is 2.76. The van der Waals surface area contributed by atoms with Crippen LogP contribution in [0.3, 0.4) is 0 Å². The van der Waals surface area contributed by atoms with Gasteiger partial charge in [-0.2, -0.15) is 0 Å². The van der Waals surface area contributed by atoms with Crippen LogP contribution in [0.4, 0.5) is 5.69 Å². The Hall–Kier alpha value is -1.01. The van der Waals surface area contributed by atoms with Gasteiger partial charge in [-0.25, -0.2) is 4.98 Å². The number of halogens is 2. The molecule has 1 aromatic carbocycles. The highest BCUT2D eigenvalue weighted by molar-refractivity contribution is 14.1. The molecule has 0 saturated heterocycles. The van der Waals surface area contributed by atoms with Crippen molar-refractivity contribution in [3.8, 4) is 11.6 Å². The largest absolute Gasteiger partial charge is 0.438 e. The summed E-state index contributed by atoms with van der Waals surface area (Å²) in [7, 11) is 0. The summed E-state index contributed by atoms with van der Waals surface area (Å²) in [4.78, 5) is 4.01. The third-order valence-corrected chi connectivity index (χ3v) is 2.85. The monoisotopic (exact) mass is 346 g/mol. The van der Waals surface area contributed by atoms with Crippen molar-refractivity contribution in [3.05, 3.63) is 45.1 Å². The van der Waals surface area contributed by atoms with E-state index in [9.17, 15) is 0 Å². The van der Waals surface area contributed by atoms with Crippen LogP contribution in [-0.2, 0) is 0 Å². The number of nitrogens with zero attached hydrogens (tertiary/aromatic N) is 1. The first-order chi connectivity index (χ1) is 7.65. The Morgan fingerprint density at radius 3 is 2.56 bits per heavy atom. The number of anilines is 1. The Morgan fingerprint density at radius 1 is 1.25 bits per heavy atom. The number of pyridine rings is 1. The zero-order chi connectivity index (χ0) is 11.5. The smallest absolute Gasteiger partial charge is 0.238 e. The molecule has 0 spiro atoms. The van der Waals surface area contributed by atoms with Gasteiger partial charge in [-0.15, -0.1) is 0 Å². The minimum absolute atomic E-state index is 0.358. The van der Waals surface area contributed by atoms with Gasteiger partial charge in [0.25, 0.3) is 0 Å². The van der Waals surface area contributed by atoms with E-state index in [4.69, 9.17) is 22.1 Å². The highest BCUT2D eigenvalue weighted by atomic mass is 127. The average Bonchev–Trinajstić information content (AvgIpc) is 2.25. The number of aromatic nitrogens is 1. The van der Waals surface area contributed by atoms with Crippen molar-refractivity contribution in [1.82, 2.24) is 4.98 Å². The quantitative estimate of drug-likeness (QED) is 0.843. The Kier molecular flexibility index (Phi) is 3.50. The molecule has 0 bridgehead atoms. The van der Waals surface area contributed by atoms with Crippen molar-refractivity contribution in [2.24, 2.45) is 0 Å². The minimum Gasteiger partial charge on any atom is -0.438 e. The molecule has 2 rings (SSSR count). The Morgan fingerprint density at radius 2 is 1.94 bits per heavy atom. The Balaban J connectivity index is 2.23. The lowest BCUT2D eigenvalue weighted by molar-refractivity contribution is 0.463. The molecule has 3 nitrogen and oxygen atoms in total. The number of rotatable bonds is 2. The molecule has 0 aliphatic rings. The van der Waals surface area contributed by atoms with Crippen molar-refractivity contribution in [1.29, 1.82) is 0 Å². The van der Waals surface area contributed by atoms with Gasteiger partial charge in [0, 0.05) is 3.57 Å². The molecule has 16 heavy (non-hydrogen) atoms. The van der Waals surface area contributed by atoms with Gasteiger partial charge in [0.2, 0.25) is 5.88 Å². The van der Waals surface area contributed by atoms with E-state index in [1.165, 1.54) is 6.20 Å². The van der Waals surface area contributed by atoms with Crippen LogP contribution in [-0.4, -0.2) is 4.98 Å². The molecule has 0 aliphatic carbocycles. The van der Waals surface area contributed by atoms with Crippen molar-refractivity contribution in [3.63, 3.8) is 0 Å². The van der Waals surface area contributed by atoms with Gasteiger partial charge in [0.1, 0.15) is 10.8 Å². The van der Waals surface area contributed by atoms with Crippen LogP contribution in [0.2, 0.25) is 5.02 Å². The summed E-state index contributed by atoms with van der Waals surface area (Å²) in [5.74, 6) is 1.05. The second-order valence-electron chi connectivity index (χ2n) is 3.11. The summed E-state index contributed by atoms with van der Waals surface area (Å²) in [6.07, 6.45) is 1.51. The first-order valence-corrected chi connectivity index (χ1v) is 5.95. The minimum atomic E-state index is 0.358. The molecule has 82 valence electrons. The summed E-state index contributed by atoms with van der Waals surface area (Å²) in [5, 5.41) is 0.401. The number of benzene rings is 1. The predicted molar refractivity (Wildman–Crippen MR) is 72.9 cm³/mol. The maximum Gasteiger partial charge on any atom is 0.238 e. The molecule has 0 saturated carbocycles. The maximum absolute atomic E-state index is 5.94. The molecule has 2 N–H and O–H groups in total. The fourth-order valence-corrected chi connectivity index (χ4v) is 1.70. The second-order valence-corrected chi connectivity index (χ2v) is 4.76. The molecular formula is C11H8ClIN2O. The predicted octanol–water partition coefficient (Wildman–Crippen LogP) is 3.71. The number of ether oxygens (including phenoxy) is 1. The topological polar surface area (TPSA) is 48.1 Å². The Labute approximate surface area is 112 Å². The molecule has 0 atom stereocenters. The van der Waals surface area contributed by atoms with Crippen molar-refractivity contribution < 1.29 is 4.74 Å². The third-order valence-electron chi connectivity index (χ3n) is 1.86. The van der Waals surface area contributed by atoms with E-state index in [1.807, 2.05) is 24.3 Å². The number of nitrogen functional groups attached to an aromatic ring is 1. The van der Waals surface area contributed by atoms with E-state index in [-0.39, 0.29) is 0 Å². The van der Waals surface area contributed by atoms with Crippen LogP contribution in [0, 0.1) is 3.57 Å².